The van der Waals surface area contributed by atoms with Crippen molar-refractivity contribution in [2.45, 2.75) is 32.7 Å². The first-order valence-corrected chi connectivity index (χ1v) is 7.40. The Morgan fingerprint density at radius 3 is 3.05 bits per heavy atom. The molecule has 0 bridgehead atoms. The first-order chi connectivity index (χ1) is 9.25. The molecule has 0 radical (unpaired) electrons. The molecule has 1 fully saturated rings. The lowest BCUT2D eigenvalue weighted by Gasteiger charge is -2.33. The Kier molecular flexibility index (Phi) is 5.67. The molecule has 1 atom stereocenters. The number of ether oxygens (including phenoxy) is 1. The number of rotatable bonds is 6. The maximum Gasteiger partial charge on any atom is 0.119 e. The Morgan fingerprint density at radius 2 is 2.26 bits per heavy atom. The topological polar surface area (TPSA) is 24.5 Å². The van der Waals surface area contributed by atoms with E-state index in [1.165, 1.54) is 25.1 Å². The van der Waals surface area contributed by atoms with Crippen LogP contribution in [0.3, 0.4) is 0 Å². The molecule has 2 rings (SSSR count). The maximum atomic E-state index is 5.77. The smallest absolute Gasteiger partial charge is 0.119 e. The number of aryl methyl sites for hydroxylation is 1. The van der Waals surface area contributed by atoms with Crippen molar-refractivity contribution >= 4 is 0 Å². The standard InChI is InChI=1S/C16H26N2O/c1-14-6-5-7-16(12-14)19-11-4-3-9-18-10-8-17-13-15(18)2/h5-7,12,15,17H,3-4,8-11,13H2,1-2H3. The van der Waals surface area contributed by atoms with E-state index in [4.69, 9.17) is 4.74 Å². The number of nitrogens with one attached hydrogen (secondary N) is 1. The molecule has 1 unspecified atom stereocenters. The van der Waals surface area contributed by atoms with Gasteiger partial charge in [0.1, 0.15) is 5.75 Å². The summed E-state index contributed by atoms with van der Waals surface area (Å²) in [5.74, 6) is 0.996. The molecular formula is C16H26N2O. The monoisotopic (exact) mass is 262 g/mol. The van der Waals surface area contributed by atoms with Crippen LogP contribution in [0.25, 0.3) is 0 Å². The van der Waals surface area contributed by atoms with Gasteiger partial charge in [-0.05, 0) is 50.9 Å². The molecule has 1 aromatic carbocycles. The summed E-state index contributed by atoms with van der Waals surface area (Å²) < 4.78 is 5.77. The van der Waals surface area contributed by atoms with Gasteiger partial charge in [0, 0.05) is 25.7 Å². The van der Waals surface area contributed by atoms with Gasteiger partial charge in [-0.25, -0.2) is 0 Å². The lowest BCUT2D eigenvalue weighted by atomic mass is 10.2. The third-order valence-electron chi connectivity index (χ3n) is 3.74. The van der Waals surface area contributed by atoms with Crippen LogP contribution in [0, 0.1) is 6.92 Å². The Hall–Kier alpha value is -1.06. The quantitative estimate of drug-likeness (QED) is 0.797. The fourth-order valence-electron chi connectivity index (χ4n) is 2.53. The third kappa shape index (κ3) is 4.84. The van der Waals surface area contributed by atoms with E-state index in [1.807, 2.05) is 12.1 Å². The highest BCUT2D eigenvalue weighted by Crippen LogP contribution is 2.13. The fourth-order valence-corrected chi connectivity index (χ4v) is 2.53. The summed E-state index contributed by atoms with van der Waals surface area (Å²) in [5, 5.41) is 3.43. The van der Waals surface area contributed by atoms with Gasteiger partial charge in [0.2, 0.25) is 0 Å². The molecule has 106 valence electrons. The summed E-state index contributed by atoms with van der Waals surface area (Å²) in [6, 6.07) is 8.95. The predicted molar refractivity (Wildman–Crippen MR) is 79.8 cm³/mol. The minimum atomic E-state index is 0.673. The van der Waals surface area contributed by atoms with Crippen LogP contribution < -0.4 is 10.1 Å². The molecule has 19 heavy (non-hydrogen) atoms. The van der Waals surface area contributed by atoms with Crippen LogP contribution in [-0.4, -0.2) is 43.7 Å². The molecule has 1 saturated heterocycles. The molecule has 0 saturated carbocycles. The second-order valence-corrected chi connectivity index (χ2v) is 5.46. The average Bonchev–Trinajstić information content (AvgIpc) is 2.40. The summed E-state index contributed by atoms with van der Waals surface area (Å²) >= 11 is 0. The summed E-state index contributed by atoms with van der Waals surface area (Å²) in [6.45, 7) is 9.85. The normalized spacial score (nSPS) is 20.4. The van der Waals surface area contributed by atoms with Crippen molar-refractivity contribution in [2.24, 2.45) is 0 Å². The number of unbranched alkanes of at least 4 members (excludes halogenated alkanes) is 1. The van der Waals surface area contributed by atoms with Gasteiger partial charge in [-0.1, -0.05) is 12.1 Å². The van der Waals surface area contributed by atoms with Crippen molar-refractivity contribution in [1.82, 2.24) is 10.2 Å². The first kappa shape index (κ1) is 14.4. The predicted octanol–water partition coefficient (Wildman–Crippen LogP) is 2.45. The summed E-state index contributed by atoms with van der Waals surface area (Å²) in [7, 11) is 0. The second-order valence-electron chi connectivity index (χ2n) is 5.46. The molecule has 3 heteroatoms. The van der Waals surface area contributed by atoms with E-state index in [2.05, 4.69) is 36.2 Å². The summed E-state index contributed by atoms with van der Waals surface area (Å²) in [4.78, 5) is 2.57. The SMILES string of the molecule is Cc1cccc(OCCCCN2CCNCC2C)c1. The van der Waals surface area contributed by atoms with Crippen molar-refractivity contribution in [3.8, 4) is 5.75 Å². The van der Waals surface area contributed by atoms with Gasteiger partial charge < -0.3 is 10.1 Å². The summed E-state index contributed by atoms with van der Waals surface area (Å²) in [6.07, 6.45) is 2.35. The molecular weight excluding hydrogens is 236 g/mol. The molecule has 0 spiro atoms. The van der Waals surface area contributed by atoms with Crippen LogP contribution in [0.1, 0.15) is 25.3 Å². The molecule has 0 amide bonds. The lowest BCUT2D eigenvalue weighted by molar-refractivity contribution is 0.166. The number of benzene rings is 1. The molecule has 1 N–H and O–H groups in total. The largest absolute Gasteiger partial charge is 0.494 e. The van der Waals surface area contributed by atoms with E-state index >= 15 is 0 Å². The zero-order valence-electron chi connectivity index (χ0n) is 12.2. The highest BCUT2D eigenvalue weighted by Gasteiger charge is 2.16. The second kappa shape index (κ2) is 7.51. The first-order valence-electron chi connectivity index (χ1n) is 7.40. The third-order valence-corrected chi connectivity index (χ3v) is 3.74. The van der Waals surface area contributed by atoms with E-state index in [-0.39, 0.29) is 0 Å². The molecule has 1 aromatic rings. The van der Waals surface area contributed by atoms with Crippen LogP contribution in [-0.2, 0) is 0 Å². The number of hydrogen-bond donors (Lipinski definition) is 1. The van der Waals surface area contributed by atoms with Crippen molar-refractivity contribution in [2.75, 3.05) is 32.8 Å². The number of hydrogen-bond acceptors (Lipinski definition) is 3. The Balaban J connectivity index is 1.59. The van der Waals surface area contributed by atoms with Crippen molar-refractivity contribution in [3.63, 3.8) is 0 Å². The highest BCUT2D eigenvalue weighted by molar-refractivity contribution is 5.27. The van der Waals surface area contributed by atoms with Crippen LogP contribution in [0.4, 0.5) is 0 Å². The van der Waals surface area contributed by atoms with Crippen LogP contribution >= 0.6 is 0 Å². The minimum absolute atomic E-state index is 0.673. The summed E-state index contributed by atoms with van der Waals surface area (Å²) in [5.41, 5.74) is 1.26. The van der Waals surface area contributed by atoms with Crippen LogP contribution in [0.5, 0.6) is 5.75 Å². The Bertz CT molecular complexity index is 381. The van der Waals surface area contributed by atoms with Gasteiger partial charge in [0.25, 0.3) is 0 Å². The molecule has 3 nitrogen and oxygen atoms in total. The molecule has 0 aromatic heterocycles. The van der Waals surface area contributed by atoms with E-state index < -0.39 is 0 Å². The van der Waals surface area contributed by atoms with Crippen molar-refractivity contribution in [1.29, 1.82) is 0 Å². The van der Waals surface area contributed by atoms with Gasteiger partial charge in [0.05, 0.1) is 6.61 Å². The van der Waals surface area contributed by atoms with E-state index in [0.717, 1.165) is 31.9 Å². The lowest BCUT2D eigenvalue weighted by Crippen LogP contribution is -2.49. The van der Waals surface area contributed by atoms with Gasteiger partial charge in [0.15, 0.2) is 0 Å². The molecule has 1 aliphatic rings. The van der Waals surface area contributed by atoms with Gasteiger partial charge >= 0.3 is 0 Å². The van der Waals surface area contributed by atoms with Crippen molar-refractivity contribution < 1.29 is 4.74 Å². The zero-order chi connectivity index (χ0) is 13.5. The average molecular weight is 262 g/mol. The highest BCUT2D eigenvalue weighted by atomic mass is 16.5. The van der Waals surface area contributed by atoms with Gasteiger partial charge in [-0.2, -0.15) is 0 Å². The molecule has 1 aliphatic heterocycles. The Morgan fingerprint density at radius 1 is 1.37 bits per heavy atom. The van der Waals surface area contributed by atoms with E-state index in [1.54, 1.807) is 0 Å². The number of nitrogens with zero attached hydrogens (tertiary/aromatic N) is 1. The van der Waals surface area contributed by atoms with Gasteiger partial charge in [-0.3, -0.25) is 4.90 Å². The minimum Gasteiger partial charge on any atom is -0.494 e. The fraction of sp³-hybridized carbons (Fsp3) is 0.625. The Labute approximate surface area is 116 Å². The van der Waals surface area contributed by atoms with Crippen LogP contribution in [0.2, 0.25) is 0 Å². The van der Waals surface area contributed by atoms with E-state index in [9.17, 15) is 0 Å². The van der Waals surface area contributed by atoms with Gasteiger partial charge in [-0.15, -0.1) is 0 Å². The molecule has 1 heterocycles. The van der Waals surface area contributed by atoms with Crippen molar-refractivity contribution in [3.05, 3.63) is 29.8 Å². The van der Waals surface area contributed by atoms with E-state index in [0.29, 0.717) is 6.04 Å². The number of piperazine rings is 1. The molecule has 0 aliphatic carbocycles. The zero-order valence-corrected chi connectivity index (χ0v) is 12.2. The maximum absolute atomic E-state index is 5.77. The van der Waals surface area contributed by atoms with Crippen LogP contribution in [0.15, 0.2) is 24.3 Å².